The van der Waals surface area contributed by atoms with Crippen LogP contribution in [0.5, 0.6) is 17.2 Å². The number of phenolic OH excluding ortho intramolecular Hbond substituents is 2. The number of aliphatic hydroxyl groups is 1. The van der Waals surface area contributed by atoms with E-state index in [0.717, 1.165) is 5.56 Å². The van der Waals surface area contributed by atoms with E-state index in [-0.39, 0.29) is 63.4 Å². The van der Waals surface area contributed by atoms with Crippen LogP contribution < -0.4 is 4.74 Å². The maximum atomic E-state index is 13.9. The quantitative estimate of drug-likeness (QED) is 0.398. The maximum Gasteiger partial charge on any atom is 0.175 e. The number of hydrogen-bond donors (Lipinski definition) is 3. The van der Waals surface area contributed by atoms with Gasteiger partial charge in [0.05, 0.1) is 17.3 Å². The summed E-state index contributed by atoms with van der Waals surface area (Å²) in [6.45, 7) is 11.6. The largest absolute Gasteiger partial charge is 0.511 e. The Morgan fingerprint density at radius 3 is 2.13 bits per heavy atom. The lowest BCUT2D eigenvalue weighted by Gasteiger charge is -2.41. The van der Waals surface area contributed by atoms with Crippen LogP contribution in [0.25, 0.3) is 0 Å². The molecule has 1 heterocycles. The number of rotatable bonds is 5. The Balaban J connectivity index is 2.05. The predicted octanol–water partition coefficient (Wildman–Crippen LogP) is 6.26. The van der Waals surface area contributed by atoms with Crippen molar-refractivity contribution in [1.29, 1.82) is 0 Å². The molecule has 7 nitrogen and oxygen atoms in total. The number of carbonyl (C=O) groups excluding carboxylic acids is 3. The molecule has 2 atom stereocenters. The van der Waals surface area contributed by atoms with Gasteiger partial charge in [-0.1, -0.05) is 44.2 Å². The van der Waals surface area contributed by atoms with E-state index in [2.05, 4.69) is 0 Å². The van der Waals surface area contributed by atoms with E-state index in [1.165, 1.54) is 6.92 Å². The molecule has 1 aliphatic carbocycles. The Bertz CT molecular complexity index is 1360. The highest BCUT2D eigenvalue weighted by molar-refractivity contribution is 6.19. The fourth-order valence-corrected chi connectivity index (χ4v) is 5.81. The van der Waals surface area contributed by atoms with Gasteiger partial charge >= 0.3 is 0 Å². The Morgan fingerprint density at radius 2 is 1.55 bits per heavy atom. The minimum absolute atomic E-state index is 0.00182. The van der Waals surface area contributed by atoms with Gasteiger partial charge in [-0.2, -0.15) is 0 Å². The molecule has 2 unspecified atom stereocenters. The summed E-state index contributed by atoms with van der Waals surface area (Å²) < 4.78 is 6.36. The van der Waals surface area contributed by atoms with Crippen LogP contribution in [0.2, 0.25) is 0 Å². The van der Waals surface area contributed by atoms with Crippen molar-refractivity contribution in [1.82, 2.24) is 0 Å². The zero-order chi connectivity index (χ0) is 28.3. The molecular formula is C31H36O7. The summed E-state index contributed by atoms with van der Waals surface area (Å²) in [6.07, 6.45) is -0.372. The first-order valence-electron chi connectivity index (χ1n) is 13.0. The van der Waals surface area contributed by atoms with E-state index in [1.54, 1.807) is 27.7 Å². The molecule has 0 saturated carbocycles. The molecule has 7 heteroatoms. The van der Waals surface area contributed by atoms with Gasteiger partial charge in [0, 0.05) is 22.6 Å². The van der Waals surface area contributed by atoms with Crippen molar-refractivity contribution in [3.8, 4) is 17.2 Å². The van der Waals surface area contributed by atoms with Gasteiger partial charge in [0.15, 0.2) is 17.3 Å². The van der Waals surface area contributed by atoms with Crippen LogP contribution in [-0.4, -0.2) is 32.7 Å². The van der Waals surface area contributed by atoms with Gasteiger partial charge in [-0.3, -0.25) is 14.4 Å². The van der Waals surface area contributed by atoms with Crippen LogP contribution in [0.3, 0.4) is 0 Å². The monoisotopic (exact) mass is 520 g/mol. The van der Waals surface area contributed by atoms with Crippen LogP contribution in [0.1, 0.15) is 93.5 Å². The van der Waals surface area contributed by atoms with Crippen LogP contribution in [0.4, 0.5) is 0 Å². The second kappa shape index (κ2) is 9.29. The first kappa shape index (κ1) is 27.4. The number of carbonyl (C=O) groups is 3. The first-order chi connectivity index (χ1) is 17.6. The molecule has 4 rings (SSSR count). The summed E-state index contributed by atoms with van der Waals surface area (Å²) in [5.74, 6) is -3.22. The van der Waals surface area contributed by atoms with Crippen LogP contribution >= 0.6 is 0 Å². The van der Waals surface area contributed by atoms with Crippen LogP contribution in [0.15, 0.2) is 41.7 Å². The average molecular weight is 521 g/mol. The molecule has 0 spiro atoms. The van der Waals surface area contributed by atoms with E-state index >= 15 is 0 Å². The van der Waals surface area contributed by atoms with E-state index in [0.29, 0.717) is 6.42 Å². The van der Waals surface area contributed by atoms with E-state index < -0.39 is 34.4 Å². The Hall–Kier alpha value is -3.61. The summed E-state index contributed by atoms with van der Waals surface area (Å²) in [5, 5.41) is 33.8. The third kappa shape index (κ3) is 4.08. The van der Waals surface area contributed by atoms with E-state index in [4.69, 9.17) is 4.74 Å². The maximum absolute atomic E-state index is 13.9. The zero-order valence-electron chi connectivity index (χ0n) is 23.0. The minimum Gasteiger partial charge on any atom is -0.511 e. The standard InChI is InChI=1S/C31H36O7/c1-15(2)13-18(22-27(35)30(4,5)29(37)31(6,7)28(22)36)21-24(33)16(3)25(34)23-19(32)14-20(38-26(21)23)17-11-9-8-10-12-17/h8-12,15,18,20,33-35H,13-14H2,1-7H3. The number of Topliss-reactive ketones (excluding diaryl/α,β-unsaturated/α-hetero) is 3. The van der Waals surface area contributed by atoms with Crippen molar-refractivity contribution in [3.05, 3.63) is 63.9 Å². The normalized spacial score (nSPS) is 21.4. The molecule has 0 fully saturated rings. The SMILES string of the molecule is Cc1c(O)c2c(c(C(CC(C)C)C3=C(O)C(C)(C)C(=O)C(C)(C)C3=O)c1O)OC(c1ccccc1)CC2=O. The lowest BCUT2D eigenvalue weighted by atomic mass is 9.60. The molecule has 2 aliphatic rings. The highest BCUT2D eigenvalue weighted by atomic mass is 16.5. The molecule has 38 heavy (non-hydrogen) atoms. The number of fused-ring (bicyclic) bond motifs is 1. The third-order valence-electron chi connectivity index (χ3n) is 7.95. The molecule has 0 amide bonds. The van der Waals surface area contributed by atoms with Crippen molar-refractivity contribution in [2.45, 2.75) is 73.3 Å². The Kier molecular flexibility index (Phi) is 6.71. The first-order valence-corrected chi connectivity index (χ1v) is 13.0. The average Bonchev–Trinajstić information content (AvgIpc) is 2.85. The summed E-state index contributed by atoms with van der Waals surface area (Å²) >= 11 is 0. The topological polar surface area (TPSA) is 121 Å². The van der Waals surface area contributed by atoms with Gasteiger partial charge in [-0.25, -0.2) is 0 Å². The summed E-state index contributed by atoms with van der Waals surface area (Å²) in [4.78, 5) is 40.5. The van der Waals surface area contributed by atoms with Crippen LogP contribution in [-0.2, 0) is 9.59 Å². The van der Waals surface area contributed by atoms with Gasteiger partial charge in [0.25, 0.3) is 0 Å². The number of aromatic hydroxyl groups is 2. The number of benzene rings is 2. The summed E-state index contributed by atoms with van der Waals surface area (Å²) in [7, 11) is 0. The molecule has 0 bridgehead atoms. The number of hydrogen-bond acceptors (Lipinski definition) is 7. The summed E-state index contributed by atoms with van der Waals surface area (Å²) in [6, 6.07) is 9.17. The van der Waals surface area contributed by atoms with Gasteiger partial charge in [-0.05, 0) is 52.5 Å². The van der Waals surface area contributed by atoms with E-state index in [9.17, 15) is 29.7 Å². The molecule has 0 aromatic heterocycles. The van der Waals surface area contributed by atoms with Crippen molar-refractivity contribution in [2.24, 2.45) is 16.7 Å². The predicted molar refractivity (Wildman–Crippen MR) is 143 cm³/mol. The van der Waals surface area contributed by atoms with Gasteiger partial charge < -0.3 is 20.1 Å². The number of ether oxygens (including phenoxy) is 1. The van der Waals surface area contributed by atoms with Gasteiger partial charge in [0.1, 0.15) is 34.7 Å². The van der Waals surface area contributed by atoms with E-state index in [1.807, 2.05) is 44.2 Å². The highest BCUT2D eigenvalue weighted by Crippen LogP contribution is 2.56. The fraction of sp³-hybridized carbons (Fsp3) is 0.452. The molecule has 2 aromatic rings. The van der Waals surface area contributed by atoms with Crippen molar-refractivity contribution in [2.75, 3.05) is 0 Å². The molecule has 2 aromatic carbocycles. The smallest absolute Gasteiger partial charge is 0.175 e. The Morgan fingerprint density at radius 1 is 0.947 bits per heavy atom. The lowest BCUT2D eigenvalue weighted by molar-refractivity contribution is -0.144. The number of ketones is 3. The molecule has 0 radical (unpaired) electrons. The fourth-order valence-electron chi connectivity index (χ4n) is 5.81. The van der Waals surface area contributed by atoms with Crippen molar-refractivity contribution >= 4 is 17.3 Å². The molecule has 3 N–H and O–H groups in total. The Labute approximate surface area is 223 Å². The zero-order valence-corrected chi connectivity index (χ0v) is 23.0. The second-order valence-corrected chi connectivity index (χ2v) is 11.9. The molecule has 0 saturated heterocycles. The summed E-state index contributed by atoms with van der Waals surface area (Å²) in [5.41, 5.74) is -1.78. The number of aliphatic hydroxyl groups excluding tert-OH is 1. The minimum atomic E-state index is -1.41. The van der Waals surface area contributed by atoms with Gasteiger partial charge in [0.2, 0.25) is 0 Å². The van der Waals surface area contributed by atoms with Gasteiger partial charge in [-0.15, -0.1) is 0 Å². The molecular weight excluding hydrogens is 484 g/mol. The van der Waals surface area contributed by atoms with Crippen LogP contribution in [0, 0.1) is 23.7 Å². The molecule has 1 aliphatic heterocycles. The number of phenols is 2. The van der Waals surface area contributed by atoms with Crippen molar-refractivity contribution < 1.29 is 34.4 Å². The third-order valence-corrected chi connectivity index (χ3v) is 7.95. The van der Waals surface area contributed by atoms with Crippen molar-refractivity contribution in [3.63, 3.8) is 0 Å². The highest BCUT2D eigenvalue weighted by Gasteiger charge is 2.55. The lowest BCUT2D eigenvalue weighted by Crippen LogP contribution is -2.49. The second-order valence-electron chi connectivity index (χ2n) is 11.9. The molecule has 202 valence electrons. The number of allylic oxidation sites excluding steroid dienone is 2.